The molecule has 3 rings (SSSR count). The van der Waals surface area contributed by atoms with E-state index < -0.39 is 5.82 Å². The van der Waals surface area contributed by atoms with Gasteiger partial charge in [-0.2, -0.15) is 0 Å². The van der Waals surface area contributed by atoms with Crippen LogP contribution in [0.1, 0.15) is 19.3 Å². The van der Waals surface area contributed by atoms with E-state index in [1.54, 1.807) is 19.0 Å². The quantitative estimate of drug-likeness (QED) is 0.889. The highest BCUT2D eigenvalue weighted by molar-refractivity contribution is 5.74. The van der Waals surface area contributed by atoms with Gasteiger partial charge in [0.15, 0.2) is 5.82 Å². The number of halogens is 1. The lowest BCUT2D eigenvalue weighted by Crippen LogP contribution is -2.52. The van der Waals surface area contributed by atoms with Gasteiger partial charge in [0.1, 0.15) is 0 Å². The van der Waals surface area contributed by atoms with Crippen LogP contribution in [0.4, 0.5) is 15.1 Å². The number of nitrogens with zero attached hydrogens (tertiary/aromatic N) is 4. The van der Waals surface area contributed by atoms with E-state index in [0.717, 1.165) is 38.2 Å². The number of piperidine rings is 1. The Balaban J connectivity index is 1.61. The monoisotopic (exact) mass is 323 g/mol. The van der Waals surface area contributed by atoms with Crippen molar-refractivity contribution in [2.75, 3.05) is 39.1 Å². The number of amides is 2. The average Bonchev–Trinajstić information content (AvgIpc) is 2.91. The molecule has 0 unspecified atom stereocenters. The van der Waals surface area contributed by atoms with Crippen molar-refractivity contribution in [1.82, 2.24) is 19.8 Å². The summed E-state index contributed by atoms with van der Waals surface area (Å²) in [7, 11) is 3.52. The lowest BCUT2D eigenvalue weighted by atomic mass is 9.89. The van der Waals surface area contributed by atoms with Crippen LogP contribution >= 0.6 is 0 Å². The highest BCUT2D eigenvalue weighted by Gasteiger charge is 2.44. The molecule has 0 saturated carbocycles. The molecule has 126 valence electrons. The molecule has 0 aliphatic carbocycles. The van der Waals surface area contributed by atoms with E-state index >= 15 is 0 Å². The van der Waals surface area contributed by atoms with Crippen LogP contribution in [0.15, 0.2) is 12.4 Å². The van der Waals surface area contributed by atoms with Crippen LogP contribution in [0.5, 0.6) is 0 Å². The van der Waals surface area contributed by atoms with Crippen LogP contribution in [-0.4, -0.2) is 71.2 Å². The molecule has 0 radical (unpaired) electrons. The number of urea groups is 1. The second-order valence-electron chi connectivity index (χ2n) is 6.47. The van der Waals surface area contributed by atoms with Gasteiger partial charge in [0.2, 0.25) is 5.95 Å². The Kier molecular flexibility index (Phi) is 4.34. The predicted molar refractivity (Wildman–Crippen MR) is 82.6 cm³/mol. The normalized spacial score (nSPS) is 27.3. The Bertz CT molecular complexity index is 567. The first-order valence-electron chi connectivity index (χ1n) is 7.82. The molecule has 7 nitrogen and oxygen atoms in total. The molecular formula is C15H22FN5O2. The number of hydrogen-bond acceptors (Lipinski definition) is 5. The van der Waals surface area contributed by atoms with Crippen molar-refractivity contribution in [2.45, 2.75) is 30.9 Å². The molecule has 1 aromatic rings. The number of hydrogen-bond donors (Lipinski definition) is 1. The molecule has 2 aliphatic rings. The second kappa shape index (κ2) is 6.27. The Labute approximate surface area is 134 Å². The van der Waals surface area contributed by atoms with Crippen LogP contribution < -0.4 is 5.32 Å². The smallest absolute Gasteiger partial charge is 0.319 e. The van der Waals surface area contributed by atoms with Crippen LogP contribution in [-0.2, 0) is 4.74 Å². The first-order chi connectivity index (χ1) is 11.0. The number of anilines is 1. The molecule has 0 aromatic carbocycles. The fraction of sp³-hybridized carbons (Fsp3) is 0.667. The number of ether oxygens (including phenoxy) is 1. The van der Waals surface area contributed by atoms with Crippen LogP contribution in [0.3, 0.4) is 0 Å². The lowest BCUT2D eigenvalue weighted by Gasteiger charge is -2.40. The summed E-state index contributed by atoms with van der Waals surface area (Å²) < 4.78 is 18.9. The van der Waals surface area contributed by atoms with E-state index in [1.807, 2.05) is 4.90 Å². The number of carbonyl (C=O) groups is 1. The molecule has 2 fully saturated rings. The summed E-state index contributed by atoms with van der Waals surface area (Å²) in [4.78, 5) is 23.4. The number of nitrogens with one attached hydrogen (secondary N) is 1. The largest absolute Gasteiger partial charge is 0.371 e. The van der Waals surface area contributed by atoms with E-state index in [-0.39, 0.29) is 17.7 Å². The van der Waals surface area contributed by atoms with Crippen LogP contribution in [0.25, 0.3) is 0 Å². The van der Waals surface area contributed by atoms with Gasteiger partial charge in [-0.1, -0.05) is 0 Å². The standard InChI is InChI=1S/C15H22FN5O2/c1-20(2)14(22)21-5-3-4-15(10-21)6-12(9-23-15)19-13-17-7-11(16)8-18-13/h7-8,12H,3-6,9-10H2,1-2H3,(H,17,18,19)/t12-,15-/m0/s1. The van der Waals surface area contributed by atoms with Gasteiger partial charge in [-0.25, -0.2) is 19.2 Å². The Morgan fingerprint density at radius 1 is 1.48 bits per heavy atom. The first-order valence-corrected chi connectivity index (χ1v) is 7.82. The van der Waals surface area contributed by atoms with Crippen molar-refractivity contribution in [3.63, 3.8) is 0 Å². The lowest BCUT2D eigenvalue weighted by molar-refractivity contribution is -0.0430. The average molecular weight is 323 g/mol. The molecule has 2 amide bonds. The zero-order valence-corrected chi connectivity index (χ0v) is 13.5. The summed E-state index contributed by atoms with van der Waals surface area (Å²) in [6.45, 7) is 1.90. The van der Waals surface area contributed by atoms with E-state index in [1.165, 1.54) is 0 Å². The maximum Gasteiger partial charge on any atom is 0.319 e. The molecule has 0 bridgehead atoms. The molecule has 2 aliphatic heterocycles. The fourth-order valence-corrected chi connectivity index (χ4v) is 3.33. The third-order valence-electron chi connectivity index (χ3n) is 4.36. The number of rotatable bonds is 2. The maximum absolute atomic E-state index is 12.9. The Morgan fingerprint density at radius 3 is 2.91 bits per heavy atom. The summed E-state index contributed by atoms with van der Waals surface area (Å²) in [6.07, 6.45) is 4.93. The van der Waals surface area contributed by atoms with Gasteiger partial charge < -0.3 is 19.9 Å². The summed E-state index contributed by atoms with van der Waals surface area (Å²) in [5, 5.41) is 3.18. The van der Waals surface area contributed by atoms with E-state index in [9.17, 15) is 9.18 Å². The van der Waals surface area contributed by atoms with Crippen molar-refractivity contribution in [1.29, 1.82) is 0 Å². The maximum atomic E-state index is 12.9. The van der Waals surface area contributed by atoms with Crippen molar-refractivity contribution in [2.24, 2.45) is 0 Å². The van der Waals surface area contributed by atoms with Crippen molar-refractivity contribution < 1.29 is 13.9 Å². The molecule has 2 saturated heterocycles. The molecule has 1 aromatic heterocycles. The minimum atomic E-state index is -0.459. The van der Waals surface area contributed by atoms with Crippen LogP contribution in [0, 0.1) is 5.82 Å². The number of likely N-dealkylation sites (tertiary alicyclic amines) is 1. The Morgan fingerprint density at radius 2 is 2.22 bits per heavy atom. The zero-order valence-electron chi connectivity index (χ0n) is 13.5. The molecular weight excluding hydrogens is 301 g/mol. The molecule has 3 heterocycles. The van der Waals surface area contributed by atoms with Crippen molar-refractivity contribution in [3.8, 4) is 0 Å². The molecule has 1 N–H and O–H groups in total. The molecule has 1 spiro atoms. The van der Waals surface area contributed by atoms with Gasteiger partial charge in [0.25, 0.3) is 0 Å². The molecule has 2 atom stereocenters. The van der Waals surface area contributed by atoms with E-state index in [2.05, 4.69) is 15.3 Å². The van der Waals surface area contributed by atoms with E-state index in [4.69, 9.17) is 4.74 Å². The number of aromatic nitrogens is 2. The van der Waals surface area contributed by atoms with Gasteiger partial charge in [-0.3, -0.25) is 0 Å². The predicted octanol–water partition coefficient (Wildman–Crippen LogP) is 1.33. The third-order valence-corrected chi connectivity index (χ3v) is 4.36. The van der Waals surface area contributed by atoms with E-state index in [0.29, 0.717) is 19.1 Å². The highest BCUT2D eigenvalue weighted by Crippen LogP contribution is 2.35. The summed E-state index contributed by atoms with van der Waals surface area (Å²) in [5.74, 6) is -0.0612. The fourth-order valence-electron chi connectivity index (χ4n) is 3.33. The minimum Gasteiger partial charge on any atom is -0.371 e. The summed E-state index contributed by atoms with van der Waals surface area (Å²) in [6, 6.07) is 0.0841. The molecule has 8 heteroatoms. The van der Waals surface area contributed by atoms with Gasteiger partial charge in [-0.05, 0) is 12.8 Å². The topological polar surface area (TPSA) is 70.6 Å². The van der Waals surface area contributed by atoms with Gasteiger partial charge >= 0.3 is 6.03 Å². The third kappa shape index (κ3) is 3.52. The molecule has 23 heavy (non-hydrogen) atoms. The second-order valence-corrected chi connectivity index (χ2v) is 6.47. The van der Waals surface area contributed by atoms with Gasteiger partial charge in [-0.15, -0.1) is 0 Å². The first kappa shape index (κ1) is 15.9. The van der Waals surface area contributed by atoms with Crippen molar-refractivity contribution in [3.05, 3.63) is 18.2 Å². The van der Waals surface area contributed by atoms with Crippen molar-refractivity contribution >= 4 is 12.0 Å². The summed E-state index contributed by atoms with van der Waals surface area (Å²) in [5.41, 5.74) is -0.304. The SMILES string of the molecule is CN(C)C(=O)N1CCC[C@]2(C[C@H](Nc3ncc(F)cn3)CO2)C1. The van der Waals surface area contributed by atoms with Gasteiger partial charge in [0, 0.05) is 27.1 Å². The minimum absolute atomic E-state index is 0.0194. The van der Waals surface area contributed by atoms with Crippen LogP contribution in [0.2, 0.25) is 0 Å². The zero-order chi connectivity index (χ0) is 16.4. The Hall–Kier alpha value is -1.96. The summed E-state index contributed by atoms with van der Waals surface area (Å²) >= 11 is 0. The highest BCUT2D eigenvalue weighted by atomic mass is 19.1. The van der Waals surface area contributed by atoms with Gasteiger partial charge in [0.05, 0.1) is 37.2 Å². The number of carbonyl (C=O) groups excluding carboxylic acids is 1.